The monoisotopic (exact) mass is 355 g/mol. The van der Waals surface area contributed by atoms with Crippen LogP contribution in [-0.2, 0) is 9.53 Å². The van der Waals surface area contributed by atoms with Gasteiger partial charge in [-0.2, -0.15) is 26.3 Å². The highest BCUT2D eigenvalue weighted by molar-refractivity contribution is 5.96. The van der Waals surface area contributed by atoms with E-state index in [9.17, 15) is 44.3 Å². The number of alkyl halides is 6. The average molecular weight is 355 g/mol. The van der Waals surface area contributed by atoms with E-state index < -0.39 is 47.2 Å². The van der Waals surface area contributed by atoms with Crippen LogP contribution in [0.4, 0.5) is 45.2 Å². The molecule has 0 aromatic heterocycles. The standard InChI is InChI=1S/C11H6F9NO2/c1-9(15,16)23-11(19,20)10(17,18)8(22)21-4-2-5(12)7(14)6(13)3-4/h2-3H,1H3,(H,21,22). The van der Waals surface area contributed by atoms with Gasteiger partial charge in [0.05, 0.1) is 0 Å². The number of hydrogen-bond acceptors (Lipinski definition) is 2. The normalized spacial score (nSPS) is 13.1. The Balaban J connectivity index is 3.04. The first-order valence-corrected chi connectivity index (χ1v) is 5.47. The van der Waals surface area contributed by atoms with Crippen LogP contribution in [0, 0.1) is 17.5 Å². The first-order valence-electron chi connectivity index (χ1n) is 5.47. The van der Waals surface area contributed by atoms with E-state index >= 15 is 0 Å². The number of carbonyl (C=O) groups excluding carboxylic acids is 1. The van der Waals surface area contributed by atoms with Crippen molar-refractivity contribution in [1.82, 2.24) is 0 Å². The van der Waals surface area contributed by atoms with Gasteiger partial charge in [-0.3, -0.25) is 9.53 Å². The summed E-state index contributed by atoms with van der Waals surface area (Å²) in [6.07, 6.45) is -10.6. The summed E-state index contributed by atoms with van der Waals surface area (Å²) in [6.45, 7) is -0.278. The lowest BCUT2D eigenvalue weighted by Gasteiger charge is -2.27. The van der Waals surface area contributed by atoms with Crippen LogP contribution in [0.15, 0.2) is 12.1 Å². The molecule has 1 rings (SSSR count). The average Bonchev–Trinajstić information content (AvgIpc) is 2.32. The molecule has 23 heavy (non-hydrogen) atoms. The molecular weight excluding hydrogens is 349 g/mol. The highest BCUT2D eigenvalue weighted by Gasteiger charge is 2.66. The van der Waals surface area contributed by atoms with Crippen molar-refractivity contribution < 1.29 is 49.0 Å². The largest absolute Gasteiger partial charge is 0.433 e. The number of benzene rings is 1. The maximum Gasteiger partial charge on any atom is 0.433 e. The maximum absolute atomic E-state index is 13.2. The Hall–Kier alpha value is -1.98. The fourth-order valence-electron chi connectivity index (χ4n) is 1.26. The number of rotatable bonds is 5. The molecule has 0 aliphatic rings. The van der Waals surface area contributed by atoms with Crippen molar-refractivity contribution in [3.63, 3.8) is 0 Å². The second-order valence-corrected chi connectivity index (χ2v) is 4.21. The molecule has 0 aliphatic heterocycles. The van der Waals surface area contributed by atoms with E-state index in [0.29, 0.717) is 0 Å². The first kappa shape index (κ1) is 19.1. The molecule has 1 N–H and O–H groups in total. The Labute approximate surface area is 122 Å². The van der Waals surface area contributed by atoms with Gasteiger partial charge in [-0.15, -0.1) is 0 Å². The highest BCUT2D eigenvalue weighted by Crippen LogP contribution is 2.40. The van der Waals surface area contributed by atoms with Crippen LogP contribution in [0.25, 0.3) is 0 Å². The second kappa shape index (κ2) is 5.91. The van der Waals surface area contributed by atoms with Crippen molar-refractivity contribution in [2.24, 2.45) is 0 Å². The molecule has 0 unspecified atom stereocenters. The van der Waals surface area contributed by atoms with E-state index in [0.717, 1.165) is 5.32 Å². The number of carbonyl (C=O) groups is 1. The SMILES string of the molecule is CC(F)(F)OC(F)(F)C(F)(F)C(=O)Nc1cc(F)c(F)c(F)c1. The third kappa shape index (κ3) is 4.27. The second-order valence-electron chi connectivity index (χ2n) is 4.21. The minimum Gasteiger partial charge on any atom is -0.320 e. The molecule has 0 atom stereocenters. The molecule has 0 spiro atoms. The summed E-state index contributed by atoms with van der Waals surface area (Å²) >= 11 is 0. The smallest absolute Gasteiger partial charge is 0.320 e. The number of nitrogens with one attached hydrogen (secondary N) is 1. The molecule has 0 saturated heterocycles. The Bertz CT molecular complexity index is 589. The van der Waals surface area contributed by atoms with E-state index in [4.69, 9.17) is 0 Å². The van der Waals surface area contributed by atoms with Crippen LogP contribution < -0.4 is 5.32 Å². The molecule has 0 radical (unpaired) electrons. The van der Waals surface area contributed by atoms with Gasteiger partial charge in [0.25, 0.3) is 0 Å². The molecule has 1 aromatic rings. The third-order valence-electron chi connectivity index (χ3n) is 2.20. The fraction of sp³-hybridized carbons (Fsp3) is 0.364. The lowest BCUT2D eigenvalue weighted by molar-refractivity contribution is -0.415. The molecule has 0 fully saturated rings. The van der Waals surface area contributed by atoms with Gasteiger partial charge < -0.3 is 5.32 Å². The van der Waals surface area contributed by atoms with E-state index in [1.807, 2.05) is 0 Å². The Morgan fingerprint density at radius 2 is 1.43 bits per heavy atom. The number of amides is 1. The number of halogens is 9. The van der Waals surface area contributed by atoms with Crippen LogP contribution in [0.5, 0.6) is 0 Å². The minimum absolute atomic E-state index is 0.0137. The Kier molecular flexibility index (Phi) is 4.90. The summed E-state index contributed by atoms with van der Waals surface area (Å²) in [5.74, 6) is -14.6. The zero-order chi connectivity index (χ0) is 18.2. The van der Waals surface area contributed by atoms with Crippen molar-refractivity contribution in [2.75, 3.05) is 5.32 Å². The van der Waals surface area contributed by atoms with Gasteiger partial charge in [0, 0.05) is 24.7 Å². The van der Waals surface area contributed by atoms with Gasteiger partial charge in [0.1, 0.15) is 0 Å². The number of hydrogen-bond donors (Lipinski definition) is 1. The van der Waals surface area contributed by atoms with Crippen molar-refractivity contribution in [2.45, 2.75) is 25.1 Å². The molecule has 0 heterocycles. The molecule has 0 bridgehead atoms. The highest BCUT2D eigenvalue weighted by atomic mass is 19.3. The molecule has 3 nitrogen and oxygen atoms in total. The van der Waals surface area contributed by atoms with Gasteiger partial charge in [0.2, 0.25) is 0 Å². The predicted octanol–water partition coefficient (Wildman–Crippen LogP) is 3.90. The van der Waals surface area contributed by atoms with E-state index in [2.05, 4.69) is 4.74 Å². The van der Waals surface area contributed by atoms with Gasteiger partial charge in [-0.1, -0.05) is 0 Å². The molecule has 1 amide bonds. The van der Waals surface area contributed by atoms with Gasteiger partial charge in [-0.25, -0.2) is 13.2 Å². The molecule has 0 aliphatic carbocycles. The molecule has 1 aromatic carbocycles. The van der Waals surface area contributed by atoms with Crippen LogP contribution in [-0.4, -0.2) is 24.0 Å². The zero-order valence-electron chi connectivity index (χ0n) is 10.9. The maximum atomic E-state index is 13.2. The number of ether oxygens (including phenoxy) is 1. The van der Waals surface area contributed by atoms with Crippen molar-refractivity contribution in [3.8, 4) is 0 Å². The lowest BCUT2D eigenvalue weighted by Crippen LogP contribution is -2.53. The minimum atomic E-state index is -5.94. The molecule has 130 valence electrons. The summed E-state index contributed by atoms with van der Waals surface area (Å²) in [5, 5.41) is 0.942. The molecular formula is C11H6F9NO2. The third-order valence-corrected chi connectivity index (χ3v) is 2.20. The fourth-order valence-corrected chi connectivity index (χ4v) is 1.26. The van der Waals surface area contributed by atoms with Crippen molar-refractivity contribution in [3.05, 3.63) is 29.6 Å². The molecule has 0 saturated carbocycles. The van der Waals surface area contributed by atoms with Gasteiger partial charge >= 0.3 is 24.0 Å². The molecule has 12 heteroatoms. The summed E-state index contributed by atoms with van der Waals surface area (Å²) in [6, 6.07) is 0.0274. The van der Waals surface area contributed by atoms with Crippen molar-refractivity contribution in [1.29, 1.82) is 0 Å². The quantitative estimate of drug-likeness (QED) is 0.643. The van der Waals surface area contributed by atoms with E-state index in [1.54, 1.807) is 0 Å². The zero-order valence-corrected chi connectivity index (χ0v) is 10.9. The van der Waals surface area contributed by atoms with Crippen molar-refractivity contribution >= 4 is 11.6 Å². The summed E-state index contributed by atoms with van der Waals surface area (Å²) in [4.78, 5) is 11.1. The van der Waals surface area contributed by atoms with Crippen LogP contribution in [0.1, 0.15) is 6.92 Å². The topological polar surface area (TPSA) is 38.3 Å². The van der Waals surface area contributed by atoms with E-state index in [1.165, 1.54) is 0 Å². The number of anilines is 1. The van der Waals surface area contributed by atoms with E-state index in [-0.39, 0.29) is 19.1 Å². The lowest BCUT2D eigenvalue weighted by atomic mass is 10.2. The van der Waals surface area contributed by atoms with Crippen LogP contribution in [0.3, 0.4) is 0 Å². The van der Waals surface area contributed by atoms with Gasteiger partial charge in [-0.05, 0) is 0 Å². The summed E-state index contributed by atoms with van der Waals surface area (Å²) < 4.78 is 118. The predicted molar refractivity (Wildman–Crippen MR) is 56.5 cm³/mol. The summed E-state index contributed by atoms with van der Waals surface area (Å²) in [7, 11) is 0. The summed E-state index contributed by atoms with van der Waals surface area (Å²) in [5.41, 5.74) is -1.15. The Morgan fingerprint density at radius 3 is 1.83 bits per heavy atom. The van der Waals surface area contributed by atoms with Crippen LogP contribution >= 0.6 is 0 Å². The van der Waals surface area contributed by atoms with Crippen LogP contribution in [0.2, 0.25) is 0 Å². The Morgan fingerprint density at radius 1 is 1.00 bits per heavy atom. The first-order chi connectivity index (χ1) is 10.2. The van der Waals surface area contributed by atoms with Gasteiger partial charge in [0.15, 0.2) is 17.5 Å².